The number of nitrogens with one attached hydrogen (secondary N) is 1. The zero-order chi connectivity index (χ0) is 23.2. The molecule has 176 valence electrons. The van der Waals surface area contributed by atoms with Crippen LogP contribution >= 0.6 is 11.8 Å². The first kappa shape index (κ1) is 23.4. The maximum absolute atomic E-state index is 11.2. The Labute approximate surface area is 199 Å². The number of amides is 2. The highest BCUT2D eigenvalue weighted by atomic mass is 32.2. The molecule has 1 fully saturated rings. The SMILES string of the molecule is CC(S/C(=C\N)Cc1ccc(N2CCOCC2)cc1)N1CCc2ncc(NC(N)=O)cc2C1. The molecule has 0 aliphatic carbocycles. The Balaban J connectivity index is 1.34. The van der Waals surface area contributed by atoms with Crippen LogP contribution in [0.2, 0.25) is 0 Å². The Morgan fingerprint density at radius 2 is 2.03 bits per heavy atom. The summed E-state index contributed by atoms with van der Waals surface area (Å²) >= 11 is 1.79. The fourth-order valence-electron chi connectivity index (χ4n) is 4.25. The van der Waals surface area contributed by atoms with Gasteiger partial charge < -0.3 is 26.4 Å². The van der Waals surface area contributed by atoms with Crippen LogP contribution in [0.1, 0.15) is 23.7 Å². The third-order valence-corrected chi connectivity index (χ3v) is 7.27. The van der Waals surface area contributed by atoms with Crippen LogP contribution in [0.25, 0.3) is 0 Å². The van der Waals surface area contributed by atoms with Gasteiger partial charge in [0, 0.05) is 61.5 Å². The minimum Gasteiger partial charge on any atom is -0.404 e. The van der Waals surface area contributed by atoms with Crippen LogP contribution in [0.4, 0.5) is 16.2 Å². The van der Waals surface area contributed by atoms with Gasteiger partial charge in [0.2, 0.25) is 0 Å². The van der Waals surface area contributed by atoms with Crippen molar-refractivity contribution in [3.8, 4) is 0 Å². The maximum atomic E-state index is 11.2. The summed E-state index contributed by atoms with van der Waals surface area (Å²) < 4.78 is 5.44. The number of urea groups is 1. The molecule has 2 aromatic rings. The van der Waals surface area contributed by atoms with E-state index in [1.54, 1.807) is 24.2 Å². The summed E-state index contributed by atoms with van der Waals surface area (Å²) in [7, 11) is 0. The largest absolute Gasteiger partial charge is 0.404 e. The molecule has 8 nitrogen and oxygen atoms in total. The number of hydrogen-bond acceptors (Lipinski definition) is 7. The maximum Gasteiger partial charge on any atom is 0.316 e. The van der Waals surface area contributed by atoms with Gasteiger partial charge >= 0.3 is 6.03 Å². The number of carbonyl (C=O) groups is 1. The first-order chi connectivity index (χ1) is 16.0. The molecule has 1 atom stereocenters. The Bertz CT molecular complexity index is 991. The molecule has 1 saturated heterocycles. The van der Waals surface area contributed by atoms with Gasteiger partial charge in [0.05, 0.1) is 30.5 Å². The summed E-state index contributed by atoms with van der Waals surface area (Å²) in [6.07, 6.45) is 5.08. The molecular formula is C24H32N6O2S. The number of nitrogens with two attached hydrogens (primary N) is 2. The third kappa shape index (κ3) is 6.19. The van der Waals surface area contributed by atoms with E-state index in [-0.39, 0.29) is 5.37 Å². The normalized spacial score (nSPS) is 18.0. The number of primary amides is 1. The monoisotopic (exact) mass is 468 g/mol. The van der Waals surface area contributed by atoms with Gasteiger partial charge in [0.15, 0.2) is 0 Å². The molecule has 4 rings (SSSR count). The lowest BCUT2D eigenvalue weighted by molar-refractivity contribution is 0.122. The van der Waals surface area contributed by atoms with Crippen molar-refractivity contribution in [2.45, 2.75) is 31.7 Å². The number of benzene rings is 1. The fourth-order valence-corrected chi connectivity index (χ4v) is 5.35. The van der Waals surface area contributed by atoms with Gasteiger partial charge in [-0.25, -0.2) is 4.79 Å². The van der Waals surface area contributed by atoms with Crippen molar-refractivity contribution in [1.29, 1.82) is 0 Å². The highest BCUT2D eigenvalue weighted by Crippen LogP contribution is 2.31. The number of nitrogens with zero attached hydrogens (tertiary/aromatic N) is 3. The van der Waals surface area contributed by atoms with E-state index in [2.05, 4.69) is 51.3 Å². The molecule has 1 aromatic carbocycles. The number of hydrogen-bond donors (Lipinski definition) is 3. The van der Waals surface area contributed by atoms with Gasteiger partial charge in [-0.15, -0.1) is 11.8 Å². The molecular weight excluding hydrogens is 436 g/mol. The van der Waals surface area contributed by atoms with Crippen molar-refractivity contribution in [1.82, 2.24) is 9.88 Å². The van der Waals surface area contributed by atoms with Gasteiger partial charge in [0.25, 0.3) is 0 Å². The van der Waals surface area contributed by atoms with Crippen molar-refractivity contribution in [2.24, 2.45) is 11.5 Å². The second-order valence-electron chi connectivity index (χ2n) is 8.33. The second kappa shape index (κ2) is 10.9. The quantitative estimate of drug-likeness (QED) is 0.573. The van der Waals surface area contributed by atoms with E-state index >= 15 is 0 Å². The van der Waals surface area contributed by atoms with Crippen LogP contribution in [-0.4, -0.2) is 54.1 Å². The molecule has 0 radical (unpaired) electrons. The summed E-state index contributed by atoms with van der Waals surface area (Å²) in [5, 5.41) is 2.87. The van der Waals surface area contributed by atoms with Gasteiger partial charge in [-0.3, -0.25) is 9.88 Å². The Morgan fingerprint density at radius 1 is 1.27 bits per heavy atom. The number of anilines is 2. The first-order valence-corrected chi connectivity index (χ1v) is 12.2. The lowest BCUT2D eigenvalue weighted by atomic mass is 10.1. The molecule has 1 unspecified atom stereocenters. The highest BCUT2D eigenvalue weighted by Gasteiger charge is 2.23. The lowest BCUT2D eigenvalue weighted by Gasteiger charge is -2.33. The van der Waals surface area contributed by atoms with Crippen LogP contribution in [0.3, 0.4) is 0 Å². The van der Waals surface area contributed by atoms with Crippen molar-refractivity contribution in [3.05, 3.63) is 64.5 Å². The minimum absolute atomic E-state index is 0.258. The topological polar surface area (TPSA) is 110 Å². The standard InChI is InChI=1S/C24H32N6O2S/c1-17(30-7-6-23-19(16-30)13-20(15-27-23)28-24(26)31)33-22(14-25)12-18-2-4-21(5-3-18)29-8-10-32-11-9-29/h2-5,13-15,17H,6-12,16,25H2,1H3,(H3,26,28,31)/b22-14-. The number of fused-ring (bicyclic) bond motifs is 1. The second-order valence-corrected chi connectivity index (χ2v) is 9.77. The predicted octanol–water partition coefficient (Wildman–Crippen LogP) is 2.89. The van der Waals surface area contributed by atoms with Gasteiger partial charge in [0.1, 0.15) is 0 Å². The Morgan fingerprint density at radius 3 is 2.73 bits per heavy atom. The number of rotatable bonds is 7. The van der Waals surface area contributed by atoms with Crippen molar-refractivity contribution >= 4 is 29.2 Å². The van der Waals surface area contributed by atoms with Crippen LogP contribution in [0.15, 0.2) is 47.6 Å². The number of ether oxygens (including phenoxy) is 1. The minimum atomic E-state index is -0.580. The highest BCUT2D eigenvalue weighted by molar-refractivity contribution is 8.03. The number of morpholine rings is 1. The number of pyridine rings is 1. The summed E-state index contributed by atoms with van der Waals surface area (Å²) in [6.45, 7) is 7.37. The zero-order valence-corrected chi connectivity index (χ0v) is 19.8. The van der Waals surface area contributed by atoms with E-state index in [4.69, 9.17) is 16.2 Å². The molecule has 3 heterocycles. The van der Waals surface area contributed by atoms with E-state index < -0.39 is 6.03 Å². The number of carbonyl (C=O) groups excluding carboxylic acids is 1. The van der Waals surface area contributed by atoms with Gasteiger partial charge in [-0.1, -0.05) is 12.1 Å². The van der Waals surface area contributed by atoms with Gasteiger partial charge in [-0.2, -0.15) is 0 Å². The number of allylic oxidation sites excluding steroid dienone is 1. The molecule has 33 heavy (non-hydrogen) atoms. The Kier molecular flexibility index (Phi) is 7.74. The molecule has 9 heteroatoms. The molecule has 0 saturated carbocycles. The molecule has 2 aliphatic rings. The molecule has 0 spiro atoms. The van der Waals surface area contributed by atoms with Crippen molar-refractivity contribution in [2.75, 3.05) is 43.1 Å². The summed E-state index contributed by atoms with van der Waals surface area (Å²) in [5.74, 6) is 0. The van der Waals surface area contributed by atoms with E-state index in [0.29, 0.717) is 5.69 Å². The fraction of sp³-hybridized carbons (Fsp3) is 0.417. The average Bonchev–Trinajstić information content (AvgIpc) is 2.83. The lowest BCUT2D eigenvalue weighted by Crippen LogP contribution is -2.36. The van der Waals surface area contributed by atoms with Crippen LogP contribution < -0.4 is 21.7 Å². The van der Waals surface area contributed by atoms with Gasteiger partial charge in [-0.05, 0) is 36.2 Å². The molecule has 0 bridgehead atoms. The molecule has 5 N–H and O–H groups in total. The smallest absolute Gasteiger partial charge is 0.316 e. The summed E-state index contributed by atoms with van der Waals surface area (Å²) in [6, 6.07) is 10.1. The average molecular weight is 469 g/mol. The van der Waals surface area contributed by atoms with E-state index in [1.165, 1.54) is 11.3 Å². The molecule has 1 aromatic heterocycles. The third-order valence-electron chi connectivity index (χ3n) is 6.05. The van der Waals surface area contributed by atoms with Crippen molar-refractivity contribution < 1.29 is 9.53 Å². The number of thioether (sulfide) groups is 1. The first-order valence-electron chi connectivity index (χ1n) is 11.3. The predicted molar refractivity (Wildman–Crippen MR) is 134 cm³/mol. The molecule has 2 aliphatic heterocycles. The zero-order valence-electron chi connectivity index (χ0n) is 19.0. The Hall–Kier alpha value is -2.75. The number of aromatic nitrogens is 1. The van der Waals surface area contributed by atoms with Crippen LogP contribution in [0.5, 0.6) is 0 Å². The van der Waals surface area contributed by atoms with E-state index in [0.717, 1.165) is 68.4 Å². The van der Waals surface area contributed by atoms with Crippen LogP contribution in [-0.2, 0) is 24.1 Å². The van der Waals surface area contributed by atoms with E-state index in [9.17, 15) is 4.79 Å². The summed E-state index contributed by atoms with van der Waals surface area (Å²) in [5.41, 5.74) is 16.6. The van der Waals surface area contributed by atoms with Crippen LogP contribution in [0, 0.1) is 0 Å². The summed E-state index contributed by atoms with van der Waals surface area (Å²) in [4.78, 5) is 21.6. The van der Waals surface area contributed by atoms with Crippen molar-refractivity contribution in [3.63, 3.8) is 0 Å². The molecule has 2 amide bonds. The van der Waals surface area contributed by atoms with E-state index in [1.807, 2.05) is 6.07 Å².